The third-order valence-electron chi connectivity index (χ3n) is 7.14. The van der Waals surface area contributed by atoms with Gasteiger partial charge in [-0.1, -0.05) is 40.9 Å². The van der Waals surface area contributed by atoms with Crippen molar-refractivity contribution in [2.75, 3.05) is 74.1 Å². The maximum atomic E-state index is 13.3. The number of anilines is 3. The molecule has 0 atom stereocenters. The number of imidazole rings is 1. The molecule has 2 aliphatic heterocycles. The van der Waals surface area contributed by atoms with E-state index in [1.807, 2.05) is 39.8 Å². The fourth-order valence-electron chi connectivity index (χ4n) is 5.08. The van der Waals surface area contributed by atoms with Crippen LogP contribution in [0, 0.1) is 0 Å². The minimum absolute atomic E-state index is 0.0275. The molecule has 0 saturated carbocycles. The topological polar surface area (TPSA) is 91.1 Å². The molecule has 0 aliphatic carbocycles. The molecule has 0 unspecified atom stereocenters. The number of ether oxygens (including phenoxy) is 1. The lowest BCUT2D eigenvalue weighted by Crippen LogP contribution is -2.50. The quantitative estimate of drug-likeness (QED) is 0.326. The van der Waals surface area contributed by atoms with Crippen LogP contribution < -0.4 is 15.1 Å². The van der Waals surface area contributed by atoms with E-state index >= 15 is 0 Å². The second-order valence-electron chi connectivity index (χ2n) is 9.53. The molecular formula is C27H27Cl3N8O2. The second kappa shape index (κ2) is 11.7. The molecule has 4 aromatic heterocycles. The molecule has 13 heteroatoms. The van der Waals surface area contributed by atoms with E-state index in [4.69, 9.17) is 44.5 Å². The van der Waals surface area contributed by atoms with Gasteiger partial charge in [0.15, 0.2) is 0 Å². The maximum absolute atomic E-state index is 13.3. The van der Waals surface area contributed by atoms with Gasteiger partial charge in [0.05, 0.1) is 35.5 Å². The van der Waals surface area contributed by atoms with E-state index in [-0.39, 0.29) is 12.5 Å². The molecule has 1 amide bonds. The van der Waals surface area contributed by atoms with Crippen molar-refractivity contribution in [2.45, 2.75) is 0 Å². The summed E-state index contributed by atoms with van der Waals surface area (Å²) in [7, 11) is 0. The first kappa shape index (κ1) is 26.9. The lowest BCUT2D eigenvalue weighted by Gasteiger charge is -2.36. The van der Waals surface area contributed by atoms with Crippen LogP contribution in [0.5, 0.6) is 0 Å². The number of piperazine rings is 1. The number of rotatable bonds is 6. The average molecular weight is 602 g/mol. The molecule has 6 heterocycles. The summed E-state index contributed by atoms with van der Waals surface area (Å²) in [5, 5.41) is 4.80. The zero-order valence-electron chi connectivity index (χ0n) is 21.6. The van der Waals surface area contributed by atoms with Crippen molar-refractivity contribution >= 4 is 63.7 Å². The van der Waals surface area contributed by atoms with Crippen LogP contribution in [0.25, 0.3) is 16.9 Å². The standard InChI is InChI=1S/C27H27Cl3N8O2/c28-19-15-31-16-20(29)26(19)37-8-6-36(7-9-37)24(39)17-33-27-25(34-23-3-1-2-21(30)38(23)27)18-4-5-22(32-14-18)35-10-12-40-13-11-35/h1-5,14-16,33H,6-13,17H2. The zero-order valence-corrected chi connectivity index (χ0v) is 23.8. The van der Waals surface area contributed by atoms with Crippen LogP contribution >= 0.6 is 34.8 Å². The summed E-state index contributed by atoms with van der Waals surface area (Å²) >= 11 is 19.2. The SMILES string of the molecule is O=C(CNc1c(-c2ccc(N3CCOCC3)nc2)nc2cccc(Cl)n12)N1CCN(c2c(Cl)cncc2Cl)CC1. The highest BCUT2D eigenvalue weighted by atomic mass is 35.5. The van der Waals surface area contributed by atoms with E-state index in [1.165, 1.54) is 0 Å². The van der Waals surface area contributed by atoms with E-state index in [9.17, 15) is 4.79 Å². The van der Waals surface area contributed by atoms with Gasteiger partial charge in [-0.2, -0.15) is 0 Å². The summed E-state index contributed by atoms with van der Waals surface area (Å²) in [5.74, 6) is 1.51. The van der Waals surface area contributed by atoms with Crippen LogP contribution in [0.3, 0.4) is 0 Å². The van der Waals surface area contributed by atoms with E-state index in [1.54, 1.807) is 18.5 Å². The number of nitrogens with one attached hydrogen (secondary N) is 1. The normalized spacial score (nSPS) is 16.0. The van der Waals surface area contributed by atoms with Gasteiger partial charge in [0.25, 0.3) is 0 Å². The number of hydrogen-bond acceptors (Lipinski definition) is 8. The molecule has 2 fully saturated rings. The predicted molar refractivity (Wildman–Crippen MR) is 158 cm³/mol. The Balaban J connectivity index is 1.18. The highest BCUT2D eigenvalue weighted by Crippen LogP contribution is 2.34. The van der Waals surface area contributed by atoms with Gasteiger partial charge in [0.2, 0.25) is 5.91 Å². The first-order valence-corrected chi connectivity index (χ1v) is 14.1. The Morgan fingerprint density at radius 2 is 1.65 bits per heavy atom. The summed E-state index contributed by atoms with van der Waals surface area (Å²) in [6, 6.07) is 9.51. The Bertz CT molecular complexity index is 1500. The number of fused-ring (bicyclic) bond motifs is 1. The van der Waals surface area contributed by atoms with Crippen molar-refractivity contribution in [3.8, 4) is 11.3 Å². The number of amides is 1. The highest BCUT2D eigenvalue weighted by Gasteiger charge is 2.25. The van der Waals surface area contributed by atoms with Gasteiger partial charge in [0, 0.05) is 63.4 Å². The van der Waals surface area contributed by atoms with Crippen molar-refractivity contribution in [3.05, 3.63) is 64.1 Å². The van der Waals surface area contributed by atoms with Crippen molar-refractivity contribution in [2.24, 2.45) is 0 Å². The Hall–Kier alpha value is -3.31. The van der Waals surface area contributed by atoms with E-state index in [0.717, 1.165) is 30.2 Å². The summed E-state index contributed by atoms with van der Waals surface area (Å²) in [6.07, 6.45) is 4.96. The third-order valence-corrected chi connectivity index (χ3v) is 7.98. The minimum atomic E-state index is -0.0275. The van der Waals surface area contributed by atoms with E-state index < -0.39 is 0 Å². The molecule has 2 saturated heterocycles. The van der Waals surface area contributed by atoms with Gasteiger partial charge in [0.1, 0.15) is 28.1 Å². The summed E-state index contributed by atoms with van der Waals surface area (Å²) in [6.45, 7) is 5.40. The molecule has 0 radical (unpaired) electrons. The maximum Gasteiger partial charge on any atom is 0.242 e. The largest absolute Gasteiger partial charge is 0.378 e. The number of aromatic nitrogens is 4. The number of halogens is 3. The number of carbonyl (C=O) groups is 1. The Morgan fingerprint density at radius 1 is 0.900 bits per heavy atom. The fraction of sp³-hybridized carbons (Fsp3) is 0.333. The van der Waals surface area contributed by atoms with E-state index in [2.05, 4.69) is 25.1 Å². The molecule has 0 bridgehead atoms. The number of morpholine rings is 1. The second-order valence-corrected chi connectivity index (χ2v) is 10.7. The molecular weight excluding hydrogens is 575 g/mol. The lowest BCUT2D eigenvalue weighted by molar-refractivity contribution is -0.129. The predicted octanol–water partition coefficient (Wildman–Crippen LogP) is 4.35. The Labute approximate surface area is 246 Å². The average Bonchev–Trinajstić information content (AvgIpc) is 3.36. The van der Waals surface area contributed by atoms with Gasteiger partial charge < -0.3 is 24.8 Å². The zero-order chi connectivity index (χ0) is 27.6. The minimum Gasteiger partial charge on any atom is -0.378 e. The van der Waals surface area contributed by atoms with Crippen LogP contribution in [-0.4, -0.2) is 89.2 Å². The van der Waals surface area contributed by atoms with Crippen LogP contribution in [-0.2, 0) is 9.53 Å². The number of pyridine rings is 3. The van der Waals surface area contributed by atoms with Gasteiger partial charge in [-0.15, -0.1) is 0 Å². The fourth-order valence-corrected chi connectivity index (χ4v) is 5.93. The molecule has 4 aromatic rings. The summed E-state index contributed by atoms with van der Waals surface area (Å²) < 4.78 is 7.26. The molecule has 1 N–H and O–H groups in total. The first-order chi connectivity index (χ1) is 19.5. The van der Waals surface area contributed by atoms with Crippen LogP contribution in [0.4, 0.5) is 17.3 Å². The summed E-state index contributed by atoms with van der Waals surface area (Å²) in [5.41, 5.74) is 2.93. The van der Waals surface area contributed by atoms with Gasteiger partial charge in [-0.3, -0.25) is 14.2 Å². The monoisotopic (exact) mass is 600 g/mol. The van der Waals surface area contributed by atoms with Crippen molar-refractivity contribution in [3.63, 3.8) is 0 Å². The Kier molecular flexibility index (Phi) is 7.84. The molecule has 208 valence electrons. The third kappa shape index (κ3) is 5.36. The van der Waals surface area contributed by atoms with Crippen LogP contribution in [0.2, 0.25) is 15.2 Å². The van der Waals surface area contributed by atoms with Gasteiger partial charge in [-0.05, 0) is 24.3 Å². The number of carbonyl (C=O) groups excluding carboxylic acids is 1. The Morgan fingerprint density at radius 3 is 2.35 bits per heavy atom. The molecule has 0 aromatic carbocycles. The number of hydrogen-bond donors (Lipinski definition) is 1. The summed E-state index contributed by atoms with van der Waals surface area (Å²) in [4.78, 5) is 32.9. The van der Waals surface area contributed by atoms with Crippen molar-refractivity contribution in [1.82, 2.24) is 24.3 Å². The van der Waals surface area contributed by atoms with Gasteiger partial charge >= 0.3 is 0 Å². The first-order valence-electron chi connectivity index (χ1n) is 13.0. The van der Waals surface area contributed by atoms with Crippen LogP contribution in [0.1, 0.15) is 0 Å². The highest BCUT2D eigenvalue weighted by molar-refractivity contribution is 6.38. The lowest BCUT2D eigenvalue weighted by atomic mass is 10.2. The molecule has 2 aliphatic rings. The number of nitrogens with zero attached hydrogens (tertiary/aromatic N) is 7. The smallest absolute Gasteiger partial charge is 0.242 e. The van der Waals surface area contributed by atoms with E-state index in [0.29, 0.717) is 71.8 Å². The molecule has 6 rings (SSSR count). The van der Waals surface area contributed by atoms with Crippen molar-refractivity contribution in [1.29, 1.82) is 0 Å². The van der Waals surface area contributed by atoms with Crippen molar-refractivity contribution < 1.29 is 9.53 Å². The molecule has 0 spiro atoms. The molecule has 40 heavy (non-hydrogen) atoms. The van der Waals surface area contributed by atoms with Crippen LogP contribution in [0.15, 0.2) is 48.9 Å². The van der Waals surface area contributed by atoms with Gasteiger partial charge in [-0.25, -0.2) is 9.97 Å². The molecule has 10 nitrogen and oxygen atoms in total.